The van der Waals surface area contributed by atoms with E-state index in [1.165, 1.54) is 6.92 Å². The molecule has 4 saturated carbocycles. The molecule has 6 saturated heterocycles. The van der Waals surface area contributed by atoms with Gasteiger partial charge in [-0.15, -0.1) is 0 Å². The quantitative estimate of drug-likeness (QED) is 0.0344. The molecule has 5 aliphatic carbocycles. The maximum Gasteiger partial charge on any atom is 0.317 e. The highest BCUT2D eigenvalue weighted by atomic mass is 16.8. The first-order chi connectivity index (χ1) is 46.5. The van der Waals surface area contributed by atoms with Gasteiger partial charge in [0.2, 0.25) is 6.29 Å². The number of rotatable bonds is 18. The Hall–Kier alpha value is -2.52. The third-order valence-electron chi connectivity index (χ3n) is 25.0. The van der Waals surface area contributed by atoms with Crippen molar-refractivity contribution in [1.82, 2.24) is 0 Å². The molecule has 11 aliphatic rings. The fraction of sp³-hybridized carbons (Fsp3) is 0.938. The second-order valence-corrected chi connectivity index (χ2v) is 31.2. The highest BCUT2D eigenvalue weighted by Gasteiger charge is 2.74. The second-order valence-electron chi connectivity index (χ2n) is 31.2. The number of aliphatic hydroxyl groups excluding tert-OH is 18. The summed E-state index contributed by atoms with van der Waals surface area (Å²) in [6, 6.07) is 0. The van der Waals surface area contributed by atoms with Crippen LogP contribution in [0.5, 0.6) is 0 Å². The summed E-state index contributed by atoms with van der Waals surface area (Å²) >= 11 is 0. The molecule has 6 heterocycles. The first-order valence-corrected chi connectivity index (χ1v) is 34.3. The highest BCUT2D eigenvalue weighted by molar-refractivity contribution is 5.80. The summed E-state index contributed by atoms with van der Waals surface area (Å²) in [7, 11) is 0. The van der Waals surface area contributed by atoms with Gasteiger partial charge in [-0.25, -0.2) is 0 Å². The van der Waals surface area contributed by atoms with Crippen molar-refractivity contribution < 1.29 is 168 Å². The van der Waals surface area contributed by atoms with Crippen LogP contribution in [0.2, 0.25) is 0 Å². The molecule has 99 heavy (non-hydrogen) atoms. The summed E-state index contributed by atoms with van der Waals surface area (Å²) in [6.07, 6.45) is -44.0. The van der Waals surface area contributed by atoms with Gasteiger partial charge >= 0.3 is 11.9 Å². The van der Waals surface area contributed by atoms with Gasteiger partial charge in [0, 0.05) is 12.3 Å². The number of allylic oxidation sites excluding steroid dienone is 2. The lowest BCUT2D eigenvalue weighted by Gasteiger charge is -2.72. The van der Waals surface area contributed by atoms with E-state index in [0.717, 1.165) is 12.5 Å². The van der Waals surface area contributed by atoms with E-state index in [1.54, 1.807) is 0 Å². The Morgan fingerprint density at radius 2 is 1.12 bits per heavy atom. The number of carbonyl (C=O) groups excluding carboxylic acids is 2. The van der Waals surface area contributed by atoms with Gasteiger partial charge in [-0.05, 0) is 97.7 Å². The first kappa shape index (κ1) is 77.6. The van der Waals surface area contributed by atoms with Gasteiger partial charge in [-0.2, -0.15) is 0 Å². The van der Waals surface area contributed by atoms with Crippen LogP contribution in [0.15, 0.2) is 11.6 Å². The summed E-state index contributed by atoms with van der Waals surface area (Å²) in [5, 5.41) is 212. The summed E-state index contributed by atoms with van der Waals surface area (Å²) in [4.78, 5) is 28.4. The summed E-state index contributed by atoms with van der Waals surface area (Å²) in [5.41, 5.74) is -7.53. The predicted molar refractivity (Wildman–Crippen MR) is 324 cm³/mol. The molecule has 36 unspecified atom stereocenters. The first-order valence-electron chi connectivity index (χ1n) is 34.3. The lowest BCUT2D eigenvalue weighted by atomic mass is 9.33. The molecule has 34 heteroatoms. The lowest BCUT2D eigenvalue weighted by Crippen LogP contribution is -2.72. The van der Waals surface area contributed by atoms with E-state index >= 15 is 4.79 Å². The molecule has 0 spiro atoms. The van der Waals surface area contributed by atoms with Gasteiger partial charge < -0.3 is 159 Å². The molecule has 0 aromatic rings. The van der Waals surface area contributed by atoms with E-state index in [4.69, 9.17) is 61.6 Å². The minimum Gasteiger partial charge on any atom is -0.457 e. The SMILES string of the molecule is CC(=O)OC1C(O)C(OC2C(OC(=O)C34CCC(C)(C)CC3C3=CCC5C6(C)CC(O)C(OC7OC(CO)C(O)C(OC8OC(CO)C(O)C(O)C8O)C7O)C(CO)(CO)C6CCC5(C)C3(C)CC4O)OCC(O)C2O)OC(C)C1OC1OCC(O)C(OC2OCC(O)(CO)C2O)C1O. The Labute approximate surface area is 570 Å². The maximum absolute atomic E-state index is 15.7. The normalized spacial score (nSPS) is 52.7. The molecule has 10 fully saturated rings. The number of fused-ring (bicyclic) bond motifs is 7. The third kappa shape index (κ3) is 13.1. The summed E-state index contributed by atoms with van der Waals surface area (Å²) in [5.74, 6) is -3.52. The standard InChI is InChI=1S/C65H104O34/c1-25-45(94-52-42(81)46(31(74)20-87-52)95-57-50(84)64(86,23-70)24-89-57)48(91-26(2)71)44(83)54(90-25)97-49-37(76)30(73)19-88-56(49)99-58(85)65-13-12-59(3,4)14-28(65)27-8-9-34-60(5)15-29(72)51(63(21-68,22-69)35(60)10-11-61(34,6)62(27,7)16-36(65)75)98-55-43(82)47(39(78)33(18-67)93-55)96-53-41(80)40(79)38(77)32(17-66)92-53/h8,25,28-57,66-70,72-84,86H,9-24H2,1-7H3. The van der Waals surface area contributed by atoms with Crippen LogP contribution in [0.25, 0.3) is 0 Å². The zero-order chi connectivity index (χ0) is 72.3. The lowest BCUT2D eigenvalue weighted by molar-refractivity contribution is -0.377. The molecule has 0 aromatic carbocycles. The molecule has 0 amide bonds. The molecule has 19 N–H and O–H groups in total. The largest absolute Gasteiger partial charge is 0.457 e. The molecule has 36 atom stereocenters. The fourth-order valence-corrected chi connectivity index (χ4v) is 19.2. The van der Waals surface area contributed by atoms with Crippen LogP contribution in [0.3, 0.4) is 0 Å². The van der Waals surface area contributed by atoms with Crippen LogP contribution in [0.1, 0.15) is 99.8 Å². The van der Waals surface area contributed by atoms with Crippen molar-refractivity contribution in [3.05, 3.63) is 11.6 Å². The number of aliphatic hydroxyl groups is 19. The Bertz CT molecular complexity index is 2830. The average Bonchev–Trinajstić information content (AvgIpc) is 0.965. The average molecular weight is 1430 g/mol. The van der Waals surface area contributed by atoms with Crippen molar-refractivity contribution in [1.29, 1.82) is 0 Å². The van der Waals surface area contributed by atoms with Crippen molar-refractivity contribution in [3.8, 4) is 0 Å². The van der Waals surface area contributed by atoms with Gasteiger partial charge in [-0.3, -0.25) is 9.59 Å². The van der Waals surface area contributed by atoms with Crippen LogP contribution in [-0.4, -0.2) is 339 Å². The Kier molecular flexibility index (Phi) is 22.7. The van der Waals surface area contributed by atoms with Gasteiger partial charge in [-0.1, -0.05) is 46.3 Å². The minimum atomic E-state index is -2.11. The van der Waals surface area contributed by atoms with Crippen LogP contribution in [0.4, 0.5) is 0 Å². The van der Waals surface area contributed by atoms with Gasteiger partial charge in [0.25, 0.3) is 0 Å². The molecule has 0 radical (unpaired) electrons. The van der Waals surface area contributed by atoms with E-state index in [1.807, 2.05) is 6.92 Å². The summed E-state index contributed by atoms with van der Waals surface area (Å²) < 4.78 is 76.5. The van der Waals surface area contributed by atoms with E-state index in [-0.39, 0.29) is 25.2 Å². The Balaban J connectivity index is 0.818. The third-order valence-corrected chi connectivity index (χ3v) is 25.0. The number of carbonyl (C=O) groups is 2. The molecule has 6 aliphatic heterocycles. The number of hydrogen-bond acceptors (Lipinski definition) is 34. The van der Waals surface area contributed by atoms with Crippen LogP contribution in [0, 0.1) is 50.2 Å². The van der Waals surface area contributed by atoms with Crippen LogP contribution < -0.4 is 0 Å². The molecular weight excluding hydrogens is 1320 g/mol. The fourth-order valence-electron chi connectivity index (χ4n) is 19.2. The Morgan fingerprint density at radius 1 is 0.535 bits per heavy atom. The van der Waals surface area contributed by atoms with Gasteiger partial charge in [0.1, 0.15) is 109 Å². The van der Waals surface area contributed by atoms with Crippen molar-refractivity contribution in [3.63, 3.8) is 0 Å². The van der Waals surface area contributed by atoms with Crippen molar-refractivity contribution in [2.75, 3.05) is 52.9 Å². The zero-order valence-electron chi connectivity index (χ0n) is 56.4. The smallest absolute Gasteiger partial charge is 0.317 e. The molecule has 0 bridgehead atoms. The Morgan fingerprint density at radius 3 is 1.76 bits per heavy atom. The van der Waals surface area contributed by atoms with E-state index in [9.17, 15) is 102 Å². The molecule has 568 valence electrons. The van der Waals surface area contributed by atoms with E-state index in [0.29, 0.717) is 32.1 Å². The van der Waals surface area contributed by atoms with E-state index in [2.05, 4.69) is 33.8 Å². The van der Waals surface area contributed by atoms with Crippen LogP contribution >= 0.6 is 0 Å². The maximum atomic E-state index is 15.7. The topological polar surface area (TPSA) is 539 Å². The van der Waals surface area contributed by atoms with Crippen molar-refractivity contribution in [2.45, 2.75) is 277 Å². The molecule has 34 nitrogen and oxygen atoms in total. The van der Waals surface area contributed by atoms with Crippen LogP contribution in [-0.2, 0) is 71.2 Å². The van der Waals surface area contributed by atoms with Crippen molar-refractivity contribution in [2.24, 2.45) is 50.2 Å². The van der Waals surface area contributed by atoms with E-state index < -0.39 is 287 Å². The van der Waals surface area contributed by atoms with Gasteiger partial charge in [0.15, 0.2) is 43.7 Å². The molecule has 0 aromatic heterocycles. The minimum absolute atomic E-state index is 0.00279. The number of ether oxygens (including phenoxy) is 13. The number of esters is 2. The molecular formula is C65H104O34. The monoisotopic (exact) mass is 1430 g/mol. The second kappa shape index (κ2) is 29.0. The molecule has 11 rings (SSSR count). The zero-order valence-corrected chi connectivity index (χ0v) is 56.4. The summed E-state index contributed by atoms with van der Waals surface area (Å²) in [6.45, 7) is 6.95. The van der Waals surface area contributed by atoms with Crippen molar-refractivity contribution >= 4 is 11.9 Å². The number of hydrogen-bond donors (Lipinski definition) is 19. The highest BCUT2D eigenvalue weighted by Crippen LogP contribution is 2.76. The van der Waals surface area contributed by atoms with Gasteiger partial charge in [0.05, 0.1) is 77.3 Å². The predicted octanol–water partition coefficient (Wildman–Crippen LogP) is -6.98.